The first kappa shape index (κ1) is 25.1. The molecule has 1 saturated heterocycles. The Kier molecular flexibility index (Phi) is 6.48. The maximum Gasteiger partial charge on any atom is 0.250 e. The third-order valence-electron chi connectivity index (χ3n) is 7.57. The normalized spacial score (nSPS) is 14.2. The third-order valence-corrected chi connectivity index (χ3v) is 7.57. The Morgan fingerprint density at radius 3 is 2.76 bits per heavy atom. The fraction of sp³-hybridized carbons (Fsp3) is 0.219. The van der Waals surface area contributed by atoms with Gasteiger partial charge in [-0.1, -0.05) is 12.1 Å². The number of ether oxygens (including phenoxy) is 2. The molecule has 7 rings (SSSR count). The van der Waals surface area contributed by atoms with Gasteiger partial charge in [-0.05, 0) is 53.6 Å². The van der Waals surface area contributed by atoms with E-state index in [1.165, 1.54) is 0 Å². The summed E-state index contributed by atoms with van der Waals surface area (Å²) in [5.74, 6) is 1.60. The molecule has 0 radical (unpaired) electrons. The van der Waals surface area contributed by atoms with Crippen LogP contribution in [0.25, 0.3) is 22.4 Å². The summed E-state index contributed by atoms with van der Waals surface area (Å²) in [7, 11) is 1.91. The number of morpholine rings is 1. The van der Waals surface area contributed by atoms with Crippen molar-refractivity contribution in [2.75, 3.05) is 36.5 Å². The van der Waals surface area contributed by atoms with Gasteiger partial charge in [0.1, 0.15) is 11.5 Å². The Labute approximate surface area is 237 Å². The number of pyridine rings is 2. The monoisotopic (exact) mass is 546 g/mol. The van der Waals surface area contributed by atoms with Crippen molar-refractivity contribution in [2.45, 2.75) is 13.0 Å². The van der Waals surface area contributed by atoms with Crippen LogP contribution in [0.4, 0.5) is 11.4 Å². The molecule has 0 atom stereocenters. The summed E-state index contributed by atoms with van der Waals surface area (Å²) >= 11 is 0. The molecule has 41 heavy (non-hydrogen) atoms. The molecular weight excluding hydrogens is 516 g/mol. The number of hydrogen-bond acceptors (Lipinski definition) is 7. The lowest BCUT2D eigenvalue weighted by atomic mass is 9.96. The second-order valence-electron chi connectivity index (χ2n) is 10.4. The van der Waals surface area contributed by atoms with Gasteiger partial charge in [-0.3, -0.25) is 14.5 Å². The largest absolute Gasteiger partial charge is 0.456 e. The van der Waals surface area contributed by atoms with E-state index in [0.29, 0.717) is 19.8 Å². The molecule has 0 aliphatic carbocycles. The zero-order valence-corrected chi connectivity index (χ0v) is 22.8. The minimum atomic E-state index is -0.131. The number of H-pyrrole nitrogens is 1. The fourth-order valence-electron chi connectivity index (χ4n) is 5.49. The molecule has 2 N–H and O–H groups in total. The van der Waals surface area contributed by atoms with Crippen molar-refractivity contribution in [1.29, 1.82) is 0 Å². The number of fused-ring (bicyclic) bond motifs is 2. The Bertz CT molecular complexity index is 1790. The van der Waals surface area contributed by atoms with Gasteiger partial charge in [0.05, 0.1) is 37.3 Å². The predicted molar refractivity (Wildman–Crippen MR) is 159 cm³/mol. The Balaban J connectivity index is 1.10. The van der Waals surface area contributed by atoms with Crippen LogP contribution in [0.5, 0.6) is 11.5 Å². The highest BCUT2D eigenvalue weighted by Gasteiger charge is 2.22. The van der Waals surface area contributed by atoms with Gasteiger partial charge in [0.25, 0.3) is 0 Å². The van der Waals surface area contributed by atoms with E-state index in [2.05, 4.69) is 43.5 Å². The van der Waals surface area contributed by atoms with Gasteiger partial charge in [-0.25, -0.2) is 0 Å². The summed E-state index contributed by atoms with van der Waals surface area (Å²) in [5, 5.41) is 7.78. The molecule has 1 fully saturated rings. The van der Waals surface area contributed by atoms with Crippen LogP contribution < -0.4 is 20.5 Å². The zero-order chi connectivity index (χ0) is 27.8. The number of para-hydroxylation sites is 1. The zero-order valence-electron chi connectivity index (χ0n) is 22.8. The van der Waals surface area contributed by atoms with Crippen molar-refractivity contribution in [3.8, 4) is 33.9 Å². The lowest BCUT2D eigenvalue weighted by Crippen LogP contribution is -2.36. The average Bonchev–Trinajstić information content (AvgIpc) is 3.45. The van der Waals surface area contributed by atoms with Gasteiger partial charge in [-0.2, -0.15) is 5.10 Å². The third kappa shape index (κ3) is 5.19. The van der Waals surface area contributed by atoms with Gasteiger partial charge in [0, 0.05) is 73.1 Å². The van der Waals surface area contributed by atoms with Gasteiger partial charge < -0.3 is 24.7 Å². The number of rotatable bonds is 6. The average molecular weight is 547 g/mol. The minimum Gasteiger partial charge on any atom is -0.456 e. The van der Waals surface area contributed by atoms with E-state index >= 15 is 0 Å². The van der Waals surface area contributed by atoms with Crippen LogP contribution in [0, 0.1) is 0 Å². The van der Waals surface area contributed by atoms with E-state index in [9.17, 15) is 4.79 Å². The van der Waals surface area contributed by atoms with Crippen LogP contribution in [0.15, 0.2) is 84.0 Å². The molecule has 9 nitrogen and oxygen atoms in total. The Hall–Kier alpha value is -4.89. The molecule has 0 spiro atoms. The van der Waals surface area contributed by atoms with Crippen molar-refractivity contribution < 1.29 is 9.47 Å². The molecular formula is C32H30N6O3. The maximum absolute atomic E-state index is 12.6. The van der Waals surface area contributed by atoms with Crippen LogP contribution in [0.3, 0.4) is 0 Å². The van der Waals surface area contributed by atoms with Crippen LogP contribution in [-0.2, 0) is 24.8 Å². The standard InChI is InChI=1S/C32H30N6O3/c1-37-20-24(18-35-37)21-7-8-33-26(14-21)19-34-25-5-6-30-23(15-25)13-22-3-2-4-28(32(22)41-30)29-16-27(17-31(39)36-29)38-9-11-40-12-10-38/h2-8,14-18,20,34H,9-13,19H2,1H3,(H,36,39). The van der Waals surface area contributed by atoms with Crippen molar-refractivity contribution in [1.82, 2.24) is 19.7 Å². The molecule has 2 aromatic carbocycles. The highest BCUT2D eigenvalue weighted by molar-refractivity contribution is 5.74. The van der Waals surface area contributed by atoms with Gasteiger partial charge in [0.15, 0.2) is 0 Å². The van der Waals surface area contributed by atoms with E-state index in [1.807, 2.05) is 62.0 Å². The molecule has 5 heterocycles. The summed E-state index contributed by atoms with van der Waals surface area (Å²) in [6.07, 6.45) is 6.42. The number of aromatic nitrogens is 4. The number of aryl methyl sites for hydroxylation is 1. The van der Waals surface area contributed by atoms with Crippen molar-refractivity contribution in [3.05, 3.63) is 106 Å². The molecule has 9 heteroatoms. The highest BCUT2D eigenvalue weighted by Crippen LogP contribution is 2.43. The van der Waals surface area contributed by atoms with Crippen molar-refractivity contribution >= 4 is 11.4 Å². The van der Waals surface area contributed by atoms with Crippen LogP contribution in [0.2, 0.25) is 0 Å². The highest BCUT2D eigenvalue weighted by atomic mass is 16.5. The molecule has 0 bridgehead atoms. The van der Waals surface area contributed by atoms with Crippen LogP contribution in [0.1, 0.15) is 16.8 Å². The van der Waals surface area contributed by atoms with E-state index in [0.717, 1.165) is 81.6 Å². The van der Waals surface area contributed by atoms with Gasteiger partial charge in [0.2, 0.25) is 5.56 Å². The maximum atomic E-state index is 12.6. The number of benzene rings is 2. The molecule has 0 unspecified atom stereocenters. The Morgan fingerprint density at radius 2 is 1.90 bits per heavy atom. The van der Waals surface area contributed by atoms with Crippen LogP contribution in [-0.4, -0.2) is 46.1 Å². The minimum absolute atomic E-state index is 0.131. The fourth-order valence-corrected chi connectivity index (χ4v) is 5.49. The van der Waals surface area contributed by atoms with E-state index in [1.54, 1.807) is 10.7 Å². The first-order chi connectivity index (χ1) is 20.1. The van der Waals surface area contributed by atoms with Gasteiger partial charge >= 0.3 is 0 Å². The smallest absolute Gasteiger partial charge is 0.250 e. The first-order valence-corrected chi connectivity index (χ1v) is 13.8. The number of hydrogen-bond donors (Lipinski definition) is 2. The lowest BCUT2D eigenvalue weighted by molar-refractivity contribution is 0.122. The van der Waals surface area contributed by atoms with Gasteiger partial charge in [-0.15, -0.1) is 0 Å². The van der Waals surface area contributed by atoms with Crippen LogP contribution >= 0.6 is 0 Å². The molecule has 0 saturated carbocycles. The predicted octanol–water partition coefficient (Wildman–Crippen LogP) is 4.98. The number of anilines is 2. The molecule has 5 aromatic rings. The summed E-state index contributed by atoms with van der Waals surface area (Å²) in [6, 6.07) is 20.0. The van der Waals surface area contributed by atoms with E-state index in [-0.39, 0.29) is 5.56 Å². The number of nitrogens with one attached hydrogen (secondary N) is 2. The first-order valence-electron chi connectivity index (χ1n) is 13.8. The topological polar surface area (TPSA) is 97.3 Å². The molecule has 2 aliphatic heterocycles. The summed E-state index contributed by atoms with van der Waals surface area (Å²) in [5.41, 5.74) is 8.69. The quantitative estimate of drug-likeness (QED) is 0.304. The molecule has 2 aliphatic rings. The number of aromatic amines is 1. The summed E-state index contributed by atoms with van der Waals surface area (Å²) in [6.45, 7) is 3.45. The Morgan fingerprint density at radius 1 is 1.00 bits per heavy atom. The SMILES string of the molecule is Cn1cc(-c2ccnc(CNc3ccc4c(c3)Cc3cccc(-c5cc(N6CCOCC6)cc(=O)[nH]5)c3O4)c2)cn1. The van der Waals surface area contributed by atoms with E-state index < -0.39 is 0 Å². The summed E-state index contributed by atoms with van der Waals surface area (Å²) in [4.78, 5) is 22.4. The summed E-state index contributed by atoms with van der Waals surface area (Å²) < 4.78 is 13.8. The lowest BCUT2D eigenvalue weighted by Gasteiger charge is -2.29. The number of nitrogens with zero attached hydrogens (tertiary/aromatic N) is 4. The van der Waals surface area contributed by atoms with Crippen molar-refractivity contribution in [2.24, 2.45) is 7.05 Å². The molecule has 3 aromatic heterocycles. The van der Waals surface area contributed by atoms with E-state index in [4.69, 9.17) is 9.47 Å². The molecule has 206 valence electrons. The van der Waals surface area contributed by atoms with Crippen molar-refractivity contribution in [3.63, 3.8) is 0 Å². The second-order valence-corrected chi connectivity index (χ2v) is 10.4. The second kappa shape index (κ2) is 10.6. The molecule has 0 amide bonds.